The minimum Gasteiger partial charge on any atom is -0.325 e. The minimum absolute atomic E-state index is 0.0817. The third-order valence-corrected chi connectivity index (χ3v) is 3.51. The third kappa shape index (κ3) is 3.81. The number of hydrogen-bond donors (Lipinski definition) is 1. The van der Waals surface area contributed by atoms with E-state index in [0.717, 1.165) is 31.2 Å². The highest BCUT2D eigenvalue weighted by Crippen LogP contribution is 2.37. The quantitative estimate of drug-likeness (QED) is 0.831. The predicted molar refractivity (Wildman–Crippen MR) is 69.8 cm³/mol. The second kappa shape index (κ2) is 4.41. The summed E-state index contributed by atoms with van der Waals surface area (Å²) in [7, 11) is 0. The van der Waals surface area contributed by atoms with Crippen molar-refractivity contribution in [3.05, 3.63) is 35.4 Å². The van der Waals surface area contributed by atoms with E-state index >= 15 is 0 Å². The lowest BCUT2D eigenvalue weighted by Crippen LogP contribution is -2.23. The molecule has 0 saturated heterocycles. The number of halogens is 1. The molecule has 1 fully saturated rings. The summed E-state index contributed by atoms with van der Waals surface area (Å²) in [6.07, 6.45) is 4.77. The van der Waals surface area contributed by atoms with Gasteiger partial charge in [-0.15, -0.1) is 0 Å². The van der Waals surface area contributed by atoms with Gasteiger partial charge < -0.3 is 5.73 Å². The lowest BCUT2D eigenvalue weighted by atomic mass is 9.93. The maximum absolute atomic E-state index is 13.7. The summed E-state index contributed by atoms with van der Waals surface area (Å²) < 4.78 is 13.7. The van der Waals surface area contributed by atoms with E-state index in [4.69, 9.17) is 5.73 Å². The molecular formula is C15H22FN. The molecule has 1 nitrogen and oxygen atoms in total. The second-order valence-electron chi connectivity index (χ2n) is 6.03. The molecule has 0 radical (unpaired) electrons. The van der Waals surface area contributed by atoms with E-state index in [2.05, 4.69) is 6.07 Å². The summed E-state index contributed by atoms with van der Waals surface area (Å²) in [5, 5.41) is 0. The van der Waals surface area contributed by atoms with Gasteiger partial charge in [-0.2, -0.15) is 0 Å². The molecule has 2 rings (SSSR count). The first-order valence-corrected chi connectivity index (χ1v) is 6.43. The average Bonchev–Trinajstić information content (AvgIpc) is 2.94. The van der Waals surface area contributed by atoms with Crippen LogP contribution < -0.4 is 5.73 Å². The Hall–Kier alpha value is -0.890. The van der Waals surface area contributed by atoms with Gasteiger partial charge in [0.05, 0.1) is 0 Å². The van der Waals surface area contributed by atoms with Crippen LogP contribution in [0.5, 0.6) is 0 Å². The van der Waals surface area contributed by atoms with Gasteiger partial charge in [-0.1, -0.05) is 24.3 Å². The fraction of sp³-hybridized carbons (Fsp3) is 0.600. The number of hydrogen-bond acceptors (Lipinski definition) is 1. The van der Waals surface area contributed by atoms with Crippen LogP contribution in [-0.4, -0.2) is 11.2 Å². The molecule has 0 aliphatic heterocycles. The Morgan fingerprint density at radius 2 is 1.82 bits per heavy atom. The van der Waals surface area contributed by atoms with Gasteiger partial charge in [0.1, 0.15) is 5.67 Å². The maximum Gasteiger partial charge on any atom is 0.109 e. The topological polar surface area (TPSA) is 26.0 Å². The van der Waals surface area contributed by atoms with Gasteiger partial charge in [-0.05, 0) is 50.7 Å². The largest absolute Gasteiger partial charge is 0.325 e. The van der Waals surface area contributed by atoms with E-state index in [1.54, 1.807) is 13.8 Å². The van der Waals surface area contributed by atoms with E-state index in [1.807, 2.05) is 18.2 Å². The summed E-state index contributed by atoms with van der Waals surface area (Å²) >= 11 is 0. The zero-order chi connectivity index (χ0) is 12.5. The predicted octanol–water partition coefficient (Wildman–Crippen LogP) is 3.40. The Labute approximate surface area is 103 Å². The van der Waals surface area contributed by atoms with Crippen molar-refractivity contribution < 1.29 is 4.39 Å². The summed E-state index contributed by atoms with van der Waals surface area (Å²) in [6.45, 7) is 3.27. The summed E-state index contributed by atoms with van der Waals surface area (Å²) in [4.78, 5) is 0. The third-order valence-electron chi connectivity index (χ3n) is 3.51. The van der Waals surface area contributed by atoms with Gasteiger partial charge in [0.2, 0.25) is 0 Å². The number of benzene rings is 1. The molecule has 1 aromatic rings. The fourth-order valence-electron chi connectivity index (χ4n) is 2.22. The molecule has 17 heavy (non-hydrogen) atoms. The van der Waals surface area contributed by atoms with E-state index in [9.17, 15) is 4.39 Å². The van der Waals surface area contributed by atoms with Crippen LogP contribution >= 0.6 is 0 Å². The molecule has 2 N–H and O–H groups in total. The second-order valence-corrected chi connectivity index (χ2v) is 6.03. The normalized spacial score (nSPS) is 18.1. The first-order valence-electron chi connectivity index (χ1n) is 6.43. The van der Waals surface area contributed by atoms with Crippen LogP contribution in [0.15, 0.2) is 24.3 Å². The van der Waals surface area contributed by atoms with Crippen LogP contribution in [-0.2, 0) is 12.8 Å². The standard InChI is InChI=1S/C15H22FN/c1-14(2,16)11-13-6-4-3-5-12(13)7-8-15(17)9-10-15/h3-6H,7-11,17H2,1-2H3. The molecule has 2 heteroatoms. The van der Waals surface area contributed by atoms with E-state index in [-0.39, 0.29) is 5.54 Å². The van der Waals surface area contributed by atoms with Crippen LogP contribution in [0.25, 0.3) is 0 Å². The van der Waals surface area contributed by atoms with Crippen molar-refractivity contribution >= 4 is 0 Å². The first-order chi connectivity index (χ1) is 7.88. The van der Waals surface area contributed by atoms with Gasteiger partial charge in [-0.3, -0.25) is 0 Å². The number of nitrogens with two attached hydrogens (primary N) is 1. The first kappa shape index (κ1) is 12.6. The highest BCUT2D eigenvalue weighted by atomic mass is 19.1. The fourth-order valence-corrected chi connectivity index (χ4v) is 2.22. The van der Waals surface area contributed by atoms with Gasteiger partial charge in [-0.25, -0.2) is 4.39 Å². The molecule has 0 unspecified atom stereocenters. The molecule has 0 spiro atoms. The van der Waals surface area contributed by atoms with Crippen molar-refractivity contribution in [1.82, 2.24) is 0 Å². The molecule has 0 aromatic heterocycles. The molecule has 0 heterocycles. The Morgan fingerprint density at radius 3 is 2.35 bits per heavy atom. The number of aryl methyl sites for hydroxylation is 1. The summed E-state index contributed by atoms with van der Waals surface area (Å²) in [5.41, 5.74) is 7.42. The van der Waals surface area contributed by atoms with Gasteiger partial charge in [0.25, 0.3) is 0 Å². The SMILES string of the molecule is CC(C)(F)Cc1ccccc1CCC1(N)CC1. The van der Waals surface area contributed by atoms with Crippen LogP contribution in [0.4, 0.5) is 4.39 Å². The molecule has 1 aliphatic rings. The van der Waals surface area contributed by atoms with Gasteiger partial charge >= 0.3 is 0 Å². The van der Waals surface area contributed by atoms with Crippen molar-refractivity contribution in [2.24, 2.45) is 5.73 Å². The number of alkyl halides is 1. The lowest BCUT2D eigenvalue weighted by molar-refractivity contribution is 0.216. The molecule has 0 bridgehead atoms. The summed E-state index contributed by atoms with van der Waals surface area (Å²) in [6, 6.07) is 8.15. The maximum atomic E-state index is 13.7. The zero-order valence-corrected chi connectivity index (χ0v) is 10.8. The van der Waals surface area contributed by atoms with Crippen molar-refractivity contribution in [3.8, 4) is 0 Å². The van der Waals surface area contributed by atoms with Crippen LogP contribution in [0.2, 0.25) is 0 Å². The molecule has 0 atom stereocenters. The molecule has 0 amide bonds. The van der Waals surface area contributed by atoms with Gasteiger partial charge in [0, 0.05) is 12.0 Å². The summed E-state index contributed by atoms with van der Waals surface area (Å²) in [5.74, 6) is 0. The number of rotatable bonds is 5. The van der Waals surface area contributed by atoms with Crippen molar-refractivity contribution in [1.29, 1.82) is 0 Å². The minimum atomic E-state index is -1.14. The Kier molecular flexibility index (Phi) is 3.26. The lowest BCUT2D eigenvalue weighted by Gasteiger charge is -2.18. The average molecular weight is 235 g/mol. The van der Waals surface area contributed by atoms with Crippen molar-refractivity contribution in [3.63, 3.8) is 0 Å². The van der Waals surface area contributed by atoms with E-state index in [0.29, 0.717) is 6.42 Å². The molecule has 94 valence electrons. The molecule has 1 saturated carbocycles. The van der Waals surface area contributed by atoms with Crippen LogP contribution in [0, 0.1) is 0 Å². The molecular weight excluding hydrogens is 213 g/mol. The highest BCUT2D eigenvalue weighted by molar-refractivity contribution is 5.29. The molecule has 1 aliphatic carbocycles. The van der Waals surface area contributed by atoms with Gasteiger partial charge in [0.15, 0.2) is 0 Å². The van der Waals surface area contributed by atoms with E-state index < -0.39 is 5.67 Å². The smallest absolute Gasteiger partial charge is 0.109 e. The monoisotopic (exact) mass is 235 g/mol. The van der Waals surface area contributed by atoms with E-state index in [1.165, 1.54) is 5.56 Å². The Bertz CT molecular complexity index is 388. The van der Waals surface area contributed by atoms with Crippen molar-refractivity contribution in [2.45, 2.75) is 57.2 Å². The van der Waals surface area contributed by atoms with Crippen LogP contribution in [0.1, 0.15) is 44.2 Å². The zero-order valence-electron chi connectivity index (χ0n) is 10.8. The molecule has 1 aromatic carbocycles. The van der Waals surface area contributed by atoms with Crippen LogP contribution in [0.3, 0.4) is 0 Å². The Morgan fingerprint density at radius 1 is 1.24 bits per heavy atom. The Balaban J connectivity index is 2.04. The highest BCUT2D eigenvalue weighted by Gasteiger charge is 2.37. The van der Waals surface area contributed by atoms with Crippen molar-refractivity contribution in [2.75, 3.05) is 0 Å².